The van der Waals surface area contributed by atoms with Gasteiger partial charge < -0.3 is 5.73 Å². The Labute approximate surface area is 108 Å². The molecule has 88 valence electrons. The first-order valence-corrected chi connectivity index (χ1v) is 5.58. The third-order valence-corrected chi connectivity index (χ3v) is 3.35. The van der Waals surface area contributed by atoms with Crippen molar-refractivity contribution in [2.45, 2.75) is 18.9 Å². The van der Waals surface area contributed by atoms with E-state index >= 15 is 0 Å². The summed E-state index contributed by atoms with van der Waals surface area (Å²) in [4.78, 5) is 10.3. The molecule has 0 heterocycles. The average Bonchev–Trinajstić information content (AvgIpc) is 3.00. The molecular formula is C10H12BrClN2O2. The maximum atomic E-state index is 10.7. The lowest BCUT2D eigenvalue weighted by molar-refractivity contribution is -0.385. The van der Waals surface area contributed by atoms with Crippen LogP contribution in [0.5, 0.6) is 0 Å². The largest absolute Gasteiger partial charge is 0.324 e. The number of nitrogens with zero attached hydrogens (tertiary/aromatic N) is 1. The van der Waals surface area contributed by atoms with E-state index in [0.717, 1.165) is 18.4 Å². The molecule has 2 N–H and O–H groups in total. The topological polar surface area (TPSA) is 69.2 Å². The van der Waals surface area contributed by atoms with Crippen molar-refractivity contribution in [3.8, 4) is 0 Å². The van der Waals surface area contributed by atoms with Crippen LogP contribution in [-0.4, -0.2) is 4.92 Å². The van der Waals surface area contributed by atoms with E-state index in [2.05, 4.69) is 15.9 Å². The molecule has 0 radical (unpaired) electrons. The van der Waals surface area contributed by atoms with Crippen LogP contribution in [0.1, 0.15) is 24.4 Å². The molecule has 1 aromatic rings. The molecule has 1 aromatic carbocycles. The van der Waals surface area contributed by atoms with Crippen molar-refractivity contribution in [3.63, 3.8) is 0 Å². The summed E-state index contributed by atoms with van der Waals surface area (Å²) in [5.74, 6) is 0.505. The molecule has 0 spiro atoms. The molecule has 2 rings (SSSR count). The van der Waals surface area contributed by atoms with Crippen LogP contribution in [-0.2, 0) is 0 Å². The van der Waals surface area contributed by atoms with Crippen LogP contribution in [0.3, 0.4) is 0 Å². The predicted molar refractivity (Wildman–Crippen MR) is 67.7 cm³/mol. The molecule has 1 atom stereocenters. The zero-order valence-electron chi connectivity index (χ0n) is 8.43. The number of benzene rings is 1. The van der Waals surface area contributed by atoms with Crippen LogP contribution in [0.2, 0.25) is 0 Å². The molecule has 1 aliphatic carbocycles. The van der Waals surface area contributed by atoms with Crippen molar-refractivity contribution >= 4 is 34.0 Å². The van der Waals surface area contributed by atoms with Gasteiger partial charge in [-0.1, -0.05) is 6.07 Å². The summed E-state index contributed by atoms with van der Waals surface area (Å²) in [6, 6.07) is 5.04. The van der Waals surface area contributed by atoms with Gasteiger partial charge in [0, 0.05) is 12.1 Å². The third kappa shape index (κ3) is 2.72. The molecule has 1 saturated carbocycles. The number of hydrogen-bond acceptors (Lipinski definition) is 3. The fourth-order valence-corrected chi connectivity index (χ4v) is 2.00. The van der Waals surface area contributed by atoms with Gasteiger partial charge in [-0.3, -0.25) is 10.1 Å². The summed E-state index contributed by atoms with van der Waals surface area (Å²) in [6.45, 7) is 0. The Kier molecular flexibility index (Phi) is 4.29. The number of halogens is 2. The van der Waals surface area contributed by atoms with Crippen molar-refractivity contribution in [2.24, 2.45) is 11.7 Å². The Bertz CT molecular complexity index is 410. The normalized spacial score (nSPS) is 16.4. The number of nitro groups is 1. The van der Waals surface area contributed by atoms with E-state index in [-0.39, 0.29) is 24.1 Å². The van der Waals surface area contributed by atoms with Crippen LogP contribution in [0.15, 0.2) is 22.7 Å². The lowest BCUT2D eigenvalue weighted by atomic mass is 10.0. The van der Waals surface area contributed by atoms with E-state index in [1.165, 1.54) is 0 Å². The smallest absolute Gasteiger partial charge is 0.283 e. The highest BCUT2D eigenvalue weighted by Crippen LogP contribution is 2.40. The molecule has 1 aliphatic rings. The van der Waals surface area contributed by atoms with Gasteiger partial charge in [0.05, 0.1) is 9.40 Å². The van der Waals surface area contributed by atoms with Gasteiger partial charge in [-0.25, -0.2) is 0 Å². The Morgan fingerprint density at radius 3 is 2.62 bits per heavy atom. The van der Waals surface area contributed by atoms with Gasteiger partial charge in [0.1, 0.15) is 0 Å². The molecule has 1 fully saturated rings. The van der Waals surface area contributed by atoms with Gasteiger partial charge in [0.15, 0.2) is 0 Å². The number of nitrogens with two attached hydrogens (primary N) is 1. The van der Waals surface area contributed by atoms with Crippen LogP contribution in [0, 0.1) is 16.0 Å². The number of nitro benzene ring substituents is 1. The molecule has 16 heavy (non-hydrogen) atoms. The van der Waals surface area contributed by atoms with Gasteiger partial charge in [0.25, 0.3) is 5.69 Å². The van der Waals surface area contributed by atoms with Gasteiger partial charge in [-0.2, -0.15) is 0 Å². The first-order chi connectivity index (χ1) is 7.09. The maximum Gasteiger partial charge on any atom is 0.283 e. The standard InChI is InChI=1S/C10H11BrN2O2.ClH/c11-8-4-3-7(5-9(8)13(14)15)10(12)6-1-2-6;/h3-6,10H,1-2,12H2;1H/t10-;/m1./s1. The van der Waals surface area contributed by atoms with E-state index in [1.54, 1.807) is 12.1 Å². The maximum absolute atomic E-state index is 10.7. The van der Waals surface area contributed by atoms with E-state index < -0.39 is 4.92 Å². The van der Waals surface area contributed by atoms with Crippen LogP contribution >= 0.6 is 28.3 Å². The van der Waals surface area contributed by atoms with Crippen molar-refractivity contribution < 1.29 is 4.92 Å². The summed E-state index contributed by atoms with van der Waals surface area (Å²) < 4.78 is 0.499. The highest BCUT2D eigenvalue weighted by atomic mass is 79.9. The fraction of sp³-hybridized carbons (Fsp3) is 0.400. The highest BCUT2D eigenvalue weighted by Gasteiger charge is 2.30. The van der Waals surface area contributed by atoms with E-state index in [0.29, 0.717) is 10.4 Å². The number of rotatable bonds is 3. The minimum Gasteiger partial charge on any atom is -0.324 e. The summed E-state index contributed by atoms with van der Waals surface area (Å²) in [5.41, 5.74) is 6.92. The first-order valence-electron chi connectivity index (χ1n) is 4.79. The molecule has 0 bridgehead atoms. The molecule has 6 heteroatoms. The van der Waals surface area contributed by atoms with Crippen molar-refractivity contribution in [2.75, 3.05) is 0 Å². The second-order valence-electron chi connectivity index (χ2n) is 3.83. The third-order valence-electron chi connectivity index (χ3n) is 2.68. The van der Waals surface area contributed by atoms with Gasteiger partial charge in [-0.15, -0.1) is 12.4 Å². The summed E-state index contributed by atoms with van der Waals surface area (Å²) >= 11 is 3.15. The molecule has 4 nitrogen and oxygen atoms in total. The second-order valence-corrected chi connectivity index (χ2v) is 4.69. The molecule has 0 unspecified atom stereocenters. The molecular weight excluding hydrogens is 295 g/mol. The number of hydrogen-bond donors (Lipinski definition) is 1. The molecule has 0 saturated heterocycles. The van der Waals surface area contributed by atoms with Crippen molar-refractivity contribution in [3.05, 3.63) is 38.3 Å². The van der Waals surface area contributed by atoms with Gasteiger partial charge in [0.2, 0.25) is 0 Å². The Morgan fingerprint density at radius 2 is 2.12 bits per heavy atom. The van der Waals surface area contributed by atoms with Crippen LogP contribution < -0.4 is 5.73 Å². The second kappa shape index (κ2) is 5.12. The summed E-state index contributed by atoms with van der Waals surface area (Å²) in [6.07, 6.45) is 2.26. The molecule has 0 aliphatic heterocycles. The van der Waals surface area contributed by atoms with Crippen molar-refractivity contribution in [1.29, 1.82) is 0 Å². The summed E-state index contributed by atoms with van der Waals surface area (Å²) in [5, 5.41) is 10.7. The summed E-state index contributed by atoms with van der Waals surface area (Å²) in [7, 11) is 0. The van der Waals surface area contributed by atoms with Crippen molar-refractivity contribution in [1.82, 2.24) is 0 Å². The Morgan fingerprint density at radius 1 is 1.50 bits per heavy atom. The zero-order chi connectivity index (χ0) is 11.0. The van der Waals surface area contributed by atoms with E-state index in [4.69, 9.17) is 5.73 Å². The quantitative estimate of drug-likeness (QED) is 0.688. The lowest BCUT2D eigenvalue weighted by Crippen LogP contribution is -2.12. The lowest BCUT2D eigenvalue weighted by Gasteiger charge is -2.10. The van der Waals surface area contributed by atoms with E-state index in [9.17, 15) is 10.1 Å². The monoisotopic (exact) mass is 306 g/mol. The minimum absolute atomic E-state index is 0. The van der Waals surface area contributed by atoms with E-state index in [1.807, 2.05) is 6.07 Å². The minimum atomic E-state index is -0.396. The Hall–Kier alpha value is -0.650. The average molecular weight is 308 g/mol. The highest BCUT2D eigenvalue weighted by molar-refractivity contribution is 9.10. The predicted octanol–water partition coefficient (Wildman–Crippen LogP) is 3.19. The van der Waals surface area contributed by atoms with Crippen LogP contribution in [0.4, 0.5) is 5.69 Å². The van der Waals surface area contributed by atoms with Gasteiger partial charge >= 0.3 is 0 Å². The first kappa shape index (κ1) is 13.4. The van der Waals surface area contributed by atoms with Crippen LogP contribution in [0.25, 0.3) is 0 Å². The molecule has 0 amide bonds. The zero-order valence-corrected chi connectivity index (χ0v) is 10.8. The fourth-order valence-electron chi connectivity index (χ4n) is 1.60. The van der Waals surface area contributed by atoms with Gasteiger partial charge in [-0.05, 0) is 46.3 Å². The molecule has 0 aromatic heterocycles. The Balaban J connectivity index is 0.00000128. The SMILES string of the molecule is Cl.N[C@@H](c1ccc(Br)c([N+](=O)[O-])c1)C1CC1.